The van der Waals surface area contributed by atoms with Gasteiger partial charge >= 0.3 is 11.6 Å². The molecule has 4 aromatic rings. The van der Waals surface area contributed by atoms with E-state index in [0.29, 0.717) is 24.6 Å². The van der Waals surface area contributed by atoms with Crippen LogP contribution < -0.4 is 15.7 Å². The molecule has 0 radical (unpaired) electrons. The van der Waals surface area contributed by atoms with E-state index in [1.807, 2.05) is 30.3 Å². The summed E-state index contributed by atoms with van der Waals surface area (Å²) >= 11 is 0. The Morgan fingerprint density at radius 1 is 0.907 bits per heavy atom. The van der Waals surface area contributed by atoms with Gasteiger partial charge in [-0.25, -0.2) is 4.79 Å². The largest absolute Gasteiger partial charge is 0.426 e. The van der Waals surface area contributed by atoms with E-state index in [9.17, 15) is 34.1 Å². The van der Waals surface area contributed by atoms with Gasteiger partial charge in [0.1, 0.15) is 22.5 Å². The van der Waals surface area contributed by atoms with E-state index in [2.05, 4.69) is 5.32 Å². The number of benzene rings is 3. The minimum atomic E-state index is -0.825. The summed E-state index contributed by atoms with van der Waals surface area (Å²) in [6, 6.07) is 19.1. The van der Waals surface area contributed by atoms with Crippen LogP contribution in [0.25, 0.3) is 11.0 Å². The number of nitrogens with one attached hydrogen (secondary N) is 1. The summed E-state index contributed by atoms with van der Waals surface area (Å²) in [5.41, 5.74) is -0.535. The van der Waals surface area contributed by atoms with Gasteiger partial charge in [0.25, 0.3) is 23.4 Å². The van der Waals surface area contributed by atoms with E-state index < -0.39 is 39.9 Å². The second-order valence-electron chi connectivity index (χ2n) is 9.82. The van der Waals surface area contributed by atoms with Gasteiger partial charge in [0, 0.05) is 37.0 Å². The minimum absolute atomic E-state index is 0.0107. The number of hydrogen-bond acceptors (Lipinski definition) is 9. The molecular formula is C31H25N3O9. The average molecular weight is 584 g/mol. The molecule has 0 atom stereocenters. The lowest BCUT2D eigenvalue weighted by Crippen LogP contribution is -2.30. The molecule has 0 spiro atoms. The van der Waals surface area contributed by atoms with E-state index in [1.54, 1.807) is 6.07 Å². The second-order valence-corrected chi connectivity index (χ2v) is 9.82. The summed E-state index contributed by atoms with van der Waals surface area (Å²) in [7, 11) is 0. The van der Waals surface area contributed by atoms with Crippen LogP contribution in [0.15, 0.2) is 82.0 Å². The van der Waals surface area contributed by atoms with Gasteiger partial charge in [-0.05, 0) is 42.7 Å². The average Bonchev–Trinajstić information content (AvgIpc) is 3.24. The highest BCUT2D eigenvalue weighted by Gasteiger charge is 2.40. The fraction of sp³-hybridized carbons (Fsp3) is 0.194. The van der Waals surface area contributed by atoms with E-state index >= 15 is 0 Å². The molecule has 2 heterocycles. The SMILES string of the molecule is O=C(CCCCCN1C(=O)c2cccc([N+](=O)[O-])c2C1=O)Oc1ccc2cc(C(=O)NCc3ccccc3)c(=O)oc2c1. The number of fused-ring (bicyclic) bond motifs is 2. The summed E-state index contributed by atoms with van der Waals surface area (Å²) in [5, 5.41) is 14.4. The maximum absolute atomic E-state index is 12.6. The zero-order chi connectivity index (χ0) is 30.5. The zero-order valence-corrected chi connectivity index (χ0v) is 22.7. The molecule has 0 fully saturated rings. The van der Waals surface area contributed by atoms with Crippen LogP contribution in [-0.4, -0.2) is 40.1 Å². The highest BCUT2D eigenvalue weighted by Crippen LogP contribution is 2.31. The predicted molar refractivity (Wildman–Crippen MR) is 153 cm³/mol. The normalized spacial score (nSPS) is 12.3. The van der Waals surface area contributed by atoms with E-state index in [1.165, 1.54) is 36.4 Å². The maximum Gasteiger partial charge on any atom is 0.349 e. The molecule has 0 saturated heterocycles. The lowest BCUT2D eigenvalue weighted by molar-refractivity contribution is -0.385. The number of carbonyl (C=O) groups excluding carboxylic acids is 4. The van der Waals surface area contributed by atoms with Crippen LogP contribution in [-0.2, 0) is 11.3 Å². The van der Waals surface area contributed by atoms with E-state index in [0.717, 1.165) is 10.5 Å². The van der Waals surface area contributed by atoms with Crippen molar-refractivity contribution in [1.29, 1.82) is 0 Å². The van der Waals surface area contributed by atoms with Gasteiger partial charge in [-0.3, -0.25) is 34.2 Å². The summed E-state index contributed by atoms with van der Waals surface area (Å²) in [6.45, 7) is 0.314. The van der Waals surface area contributed by atoms with Gasteiger partial charge in [0.2, 0.25) is 0 Å². The van der Waals surface area contributed by atoms with Crippen LogP contribution in [0.4, 0.5) is 5.69 Å². The first-order valence-electron chi connectivity index (χ1n) is 13.5. The standard InChI is InChI=1S/C31H25N3O9/c35-26(12-5-2-6-15-33-29(37)22-10-7-11-24(34(40)41)27(22)30(33)38)42-21-14-13-20-16-23(31(39)43-25(20)17-21)28(36)32-18-19-8-3-1-4-9-19/h1,3-4,7-11,13-14,16-17H,2,5-6,12,15,18H2,(H,32,36). The van der Waals surface area contributed by atoms with E-state index in [-0.39, 0.29) is 47.5 Å². The molecule has 12 nitrogen and oxygen atoms in total. The monoisotopic (exact) mass is 583 g/mol. The minimum Gasteiger partial charge on any atom is -0.426 e. The van der Waals surface area contributed by atoms with Gasteiger partial charge in [0.15, 0.2) is 0 Å². The highest BCUT2D eigenvalue weighted by molar-refractivity contribution is 6.23. The molecule has 218 valence electrons. The smallest absolute Gasteiger partial charge is 0.349 e. The second kappa shape index (κ2) is 12.5. The van der Waals surface area contributed by atoms with Gasteiger partial charge in [0.05, 0.1) is 10.5 Å². The van der Waals surface area contributed by atoms with Crippen molar-refractivity contribution in [2.24, 2.45) is 0 Å². The van der Waals surface area contributed by atoms with Gasteiger partial charge in [-0.15, -0.1) is 0 Å². The number of nitro groups is 1. The number of esters is 1. The third-order valence-electron chi connectivity index (χ3n) is 6.92. The van der Waals surface area contributed by atoms with Crippen LogP contribution in [0.2, 0.25) is 0 Å². The van der Waals surface area contributed by atoms with Crippen molar-refractivity contribution in [2.75, 3.05) is 6.54 Å². The van der Waals surface area contributed by atoms with Crippen molar-refractivity contribution in [3.05, 3.63) is 116 Å². The topological polar surface area (TPSA) is 166 Å². The number of carbonyl (C=O) groups is 4. The Morgan fingerprint density at radius 2 is 1.70 bits per heavy atom. The number of imide groups is 1. The van der Waals surface area contributed by atoms with Crippen LogP contribution in [0.3, 0.4) is 0 Å². The van der Waals surface area contributed by atoms with Gasteiger partial charge < -0.3 is 14.5 Å². The fourth-order valence-electron chi connectivity index (χ4n) is 4.76. The Balaban J connectivity index is 1.10. The third kappa shape index (κ3) is 6.32. The van der Waals surface area contributed by atoms with Crippen molar-refractivity contribution in [3.8, 4) is 5.75 Å². The molecule has 0 saturated carbocycles. The number of nitrogens with zero attached hydrogens (tertiary/aromatic N) is 2. The maximum atomic E-state index is 12.6. The van der Waals surface area contributed by atoms with Crippen LogP contribution in [0, 0.1) is 10.1 Å². The number of hydrogen-bond donors (Lipinski definition) is 1. The summed E-state index contributed by atoms with van der Waals surface area (Å²) in [4.78, 5) is 74.1. The molecule has 5 rings (SSSR count). The molecule has 12 heteroatoms. The van der Waals surface area contributed by atoms with Crippen LogP contribution in [0.5, 0.6) is 5.75 Å². The quantitative estimate of drug-likeness (QED) is 0.0512. The highest BCUT2D eigenvalue weighted by atomic mass is 16.6. The number of rotatable bonds is 11. The Hall–Kier alpha value is -5.65. The lowest BCUT2D eigenvalue weighted by Gasteiger charge is -2.13. The summed E-state index contributed by atoms with van der Waals surface area (Å²) in [6.07, 6.45) is 1.35. The first kappa shape index (κ1) is 28.9. The molecule has 43 heavy (non-hydrogen) atoms. The Kier molecular flexibility index (Phi) is 8.37. The summed E-state index contributed by atoms with van der Waals surface area (Å²) < 4.78 is 10.7. The van der Waals surface area contributed by atoms with E-state index in [4.69, 9.17) is 9.15 Å². The van der Waals surface area contributed by atoms with Gasteiger partial charge in [-0.1, -0.05) is 42.8 Å². The first-order chi connectivity index (χ1) is 20.7. The third-order valence-corrected chi connectivity index (χ3v) is 6.92. The number of ether oxygens (including phenoxy) is 1. The molecule has 1 aliphatic rings. The Morgan fingerprint density at radius 3 is 2.47 bits per heavy atom. The predicted octanol–water partition coefficient (Wildman–Crippen LogP) is 4.39. The van der Waals surface area contributed by atoms with Crippen molar-refractivity contribution < 1.29 is 33.3 Å². The summed E-state index contributed by atoms with van der Waals surface area (Å²) in [5.74, 6) is -2.22. The Bertz CT molecular complexity index is 1810. The zero-order valence-electron chi connectivity index (χ0n) is 22.7. The number of amides is 3. The Labute approximate surface area is 244 Å². The molecule has 0 bridgehead atoms. The molecule has 1 N–H and O–H groups in total. The molecule has 1 aromatic heterocycles. The molecule has 0 unspecified atom stereocenters. The number of unbranched alkanes of at least 4 members (excludes halogenated alkanes) is 2. The molecule has 1 aliphatic heterocycles. The first-order valence-corrected chi connectivity index (χ1v) is 13.5. The van der Waals surface area contributed by atoms with Gasteiger partial charge in [-0.2, -0.15) is 0 Å². The molecule has 0 aliphatic carbocycles. The van der Waals surface area contributed by atoms with Crippen molar-refractivity contribution in [2.45, 2.75) is 32.2 Å². The molecule has 3 aromatic carbocycles. The van der Waals surface area contributed by atoms with Crippen molar-refractivity contribution in [1.82, 2.24) is 10.2 Å². The van der Waals surface area contributed by atoms with Crippen molar-refractivity contribution in [3.63, 3.8) is 0 Å². The molecule has 3 amide bonds. The fourth-order valence-corrected chi connectivity index (χ4v) is 4.76. The number of nitro benzene ring substituents is 1. The van der Waals surface area contributed by atoms with Crippen LogP contribution >= 0.6 is 0 Å². The molecular weight excluding hydrogens is 558 g/mol. The van der Waals surface area contributed by atoms with Crippen molar-refractivity contribution >= 4 is 40.3 Å². The van der Waals surface area contributed by atoms with Crippen LogP contribution in [0.1, 0.15) is 62.3 Å². The lowest BCUT2D eigenvalue weighted by atomic mass is 10.1.